The van der Waals surface area contributed by atoms with Gasteiger partial charge in [0.15, 0.2) is 0 Å². The van der Waals surface area contributed by atoms with Crippen LogP contribution in [0, 0.1) is 5.92 Å². The molecule has 0 aliphatic heterocycles. The summed E-state index contributed by atoms with van der Waals surface area (Å²) in [6, 6.07) is 7.22. The maximum atomic E-state index is 12.1. The molecule has 0 saturated carbocycles. The molecule has 130 valence electrons. The van der Waals surface area contributed by atoms with Gasteiger partial charge in [0.1, 0.15) is 11.5 Å². The first-order chi connectivity index (χ1) is 11.8. The molecule has 1 atom stereocenters. The van der Waals surface area contributed by atoms with Crippen molar-refractivity contribution in [3.05, 3.63) is 49.1 Å². The SMILES string of the molecule is C=CCOCCCCOc1ccc(OC(=O)C2CC=CCC2)cc1. The van der Waals surface area contributed by atoms with Crippen LogP contribution in [-0.4, -0.2) is 25.8 Å². The number of unbranched alkanes of at least 4 members (excludes halogenated alkanes) is 1. The molecule has 1 aromatic rings. The van der Waals surface area contributed by atoms with Gasteiger partial charge in [0, 0.05) is 6.61 Å². The normalized spacial score (nSPS) is 16.6. The molecule has 1 aliphatic rings. The minimum atomic E-state index is -0.146. The number of carbonyl (C=O) groups excluding carboxylic acids is 1. The van der Waals surface area contributed by atoms with Gasteiger partial charge in [-0.15, -0.1) is 6.58 Å². The van der Waals surface area contributed by atoms with Crippen LogP contribution in [0.2, 0.25) is 0 Å². The summed E-state index contributed by atoms with van der Waals surface area (Å²) in [5.74, 6) is 1.18. The van der Waals surface area contributed by atoms with Gasteiger partial charge in [-0.2, -0.15) is 0 Å². The number of hydrogen-bond acceptors (Lipinski definition) is 4. The van der Waals surface area contributed by atoms with Crippen molar-refractivity contribution in [1.29, 1.82) is 0 Å². The van der Waals surface area contributed by atoms with Crippen molar-refractivity contribution in [2.45, 2.75) is 32.1 Å². The fraction of sp³-hybridized carbons (Fsp3) is 0.450. The molecule has 0 saturated heterocycles. The maximum Gasteiger partial charge on any atom is 0.314 e. The summed E-state index contributed by atoms with van der Waals surface area (Å²) in [5, 5.41) is 0. The van der Waals surface area contributed by atoms with E-state index in [1.54, 1.807) is 18.2 Å². The Balaban J connectivity index is 1.66. The number of hydrogen-bond donors (Lipinski definition) is 0. The fourth-order valence-corrected chi connectivity index (χ4v) is 2.47. The number of allylic oxidation sites excluding steroid dienone is 2. The molecule has 1 aliphatic carbocycles. The lowest BCUT2D eigenvalue weighted by molar-refractivity contribution is -0.139. The number of esters is 1. The molecule has 0 heterocycles. The molecule has 0 aromatic heterocycles. The molecular weight excluding hydrogens is 304 g/mol. The molecule has 0 fully saturated rings. The van der Waals surface area contributed by atoms with Gasteiger partial charge in [-0.1, -0.05) is 18.2 Å². The quantitative estimate of drug-likeness (QED) is 0.277. The van der Waals surface area contributed by atoms with Gasteiger partial charge in [-0.25, -0.2) is 0 Å². The zero-order chi connectivity index (χ0) is 17.0. The van der Waals surface area contributed by atoms with Crippen LogP contribution in [0.15, 0.2) is 49.1 Å². The van der Waals surface area contributed by atoms with Crippen LogP contribution in [0.5, 0.6) is 11.5 Å². The standard InChI is InChI=1S/C20H26O4/c1-2-14-22-15-6-7-16-23-18-10-12-19(13-11-18)24-20(21)17-8-4-3-5-9-17/h2-4,10-13,17H,1,5-9,14-16H2. The van der Waals surface area contributed by atoms with E-state index >= 15 is 0 Å². The van der Waals surface area contributed by atoms with Crippen molar-refractivity contribution in [3.8, 4) is 11.5 Å². The monoisotopic (exact) mass is 330 g/mol. The zero-order valence-electron chi connectivity index (χ0n) is 14.1. The summed E-state index contributed by atoms with van der Waals surface area (Å²) in [6.07, 6.45) is 10.4. The largest absolute Gasteiger partial charge is 0.494 e. The Bertz CT molecular complexity index is 533. The number of rotatable bonds is 10. The molecule has 24 heavy (non-hydrogen) atoms. The maximum absolute atomic E-state index is 12.1. The van der Waals surface area contributed by atoms with E-state index in [-0.39, 0.29) is 11.9 Å². The highest BCUT2D eigenvalue weighted by Crippen LogP contribution is 2.23. The lowest BCUT2D eigenvalue weighted by Gasteiger charge is -2.16. The third-order valence-corrected chi connectivity index (χ3v) is 3.83. The summed E-state index contributed by atoms with van der Waals surface area (Å²) < 4.78 is 16.4. The first kappa shape index (κ1) is 18.3. The average Bonchev–Trinajstić information content (AvgIpc) is 2.63. The Morgan fingerprint density at radius 1 is 1.12 bits per heavy atom. The van der Waals surface area contributed by atoms with Crippen LogP contribution in [0.3, 0.4) is 0 Å². The molecule has 1 unspecified atom stereocenters. The molecule has 0 radical (unpaired) electrons. The van der Waals surface area contributed by atoms with Crippen LogP contribution in [-0.2, 0) is 9.53 Å². The molecule has 1 aromatic carbocycles. The number of ether oxygens (including phenoxy) is 3. The van der Waals surface area contributed by atoms with Crippen LogP contribution in [0.4, 0.5) is 0 Å². The average molecular weight is 330 g/mol. The van der Waals surface area contributed by atoms with Gasteiger partial charge in [-0.3, -0.25) is 4.79 Å². The van der Waals surface area contributed by atoms with E-state index in [4.69, 9.17) is 14.2 Å². The second kappa shape index (κ2) is 10.7. The van der Waals surface area contributed by atoms with Crippen molar-refractivity contribution < 1.29 is 19.0 Å². The van der Waals surface area contributed by atoms with Gasteiger partial charge in [0.25, 0.3) is 0 Å². The second-order valence-electron chi connectivity index (χ2n) is 5.79. The topological polar surface area (TPSA) is 44.8 Å². The van der Waals surface area contributed by atoms with Crippen molar-refractivity contribution in [3.63, 3.8) is 0 Å². The summed E-state index contributed by atoms with van der Waals surface area (Å²) in [4.78, 5) is 12.1. The Morgan fingerprint density at radius 3 is 2.58 bits per heavy atom. The predicted molar refractivity (Wildman–Crippen MR) is 94.3 cm³/mol. The van der Waals surface area contributed by atoms with Crippen LogP contribution in [0.25, 0.3) is 0 Å². The first-order valence-electron chi connectivity index (χ1n) is 8.58. The second-order valence-corrected chi connectivity index (χ2v) is 5.79. The van der Waals surface area contributed by atoms with E-state index in [1.165, 1.54) is 0 Å². The Hall–Kier alpha value is -2.07. The van der Waals surface area contributed by atoms with Gasteiger partial charge >= 0.3 is 5.97 Å². The van der Waals surface area contributed by atoms with Crippen LogP contribution in [0.1, 0.15) is 32.1 Å². The third-order valence-electron chi connectivity index (χ3n) is 3.83. The fourth-order valence-electron chi connectivity index (χ4n) is 2.47. The summed E-state index contributed by atoms with van der Waals surface area (Å²) in [6.45, 7) is 5.56. The van der Waals surface area contributed by atoms with Crippen molar-refractivity contribution in [2.24, 2.45) is 5.92 Å². The highest BCUT2D eigenvalue weighted by atomic mass is 16.5. The van der Waals surface area contributed by atoms with Gasteiger partial charge in [0.05, 0.1) is 19.1 Å². The minimum Gasteiger partial charge on any atom is -0.494 e. The first-order valence-corrected chi connectivity index (χ1v) is 8.58. The van der Waals surface area contributed by atoms with Crippen LogP contribution >= 0.6 is 0 Å². The smallest absolute Gasteiger partial charge is 0.314 e. The zero-order valence-corrected chi connectivity index (χ0v) is 14.1. The van der Waals surface area contributed by atoms with E-state index in [2.05, 4.69) is 18.7 Å². The molecule has 0 amide bonds. The molecule has 0 bridgehead atoms. The van der Waals surface area contributed by atoms with Crippen molar-refractivity contribution >= 4 is 5.97 Å². The highest BCUT2D eigenvalue weighted by molar-refractivity contribution is 5.75. The number of carbonyl (C=O) groups is 1. The summed E-state index contributed by atoms with van der Waals surface area (Å²) >= 11 is 0. The molecular formula is C20H26O4. The van der Waals surface area contributed by atoms with E-state index in [0.29, 0.717) is 19.0 Å². The Kier molecular flexibility index (Phi) is 8.11. The minimum absolute atomic E-state index is 0.0192. The van der Waals surface area contributed by atoms with Crippen LogP contribution < -0.4 is 9.47 Å². The predicted octanol–water partition coefficient (Wildman–Crippen LogP) is 4.31. The molecule has 4 nitrogen and oxygen atoms in total. The van der Waals surface area contributed by atoms with Crippen molar-refractivity contribution in [2.75, 3.05) is 19.8 Å². The molecule has 0 N–H and O–H groups in total. The summed E-state index contributed by atoms with van der Waals surface area (Å²) in [5.41, 5.74) is 0. The van der Waals surface area contributed by atoms with Gasteiger partial charge in [0.2, 0.25) is 0 Å². The van der Waals surface area contributed by atoms with Gasteiger partial charge in [-0.05, 0) is 56.4 Å². The van der Waals surface area contributed by atoms with E-state index < -0.39 is 0 Å². The lowest BCUT2D eigenvalue weighted by Crippen LogP contribution is -2.21. The van der Waals surface area contributed by atoms with E-state index in [9.17, 15) is 4.79 Å². The van der Waals surface area contributed by atoms with Crippen molar-refractivity contribution in [1.82, 2.24) is 0 Å². The Labute approximate surface area is 144 Å². The molecule has 4 heteroatoms. The molecule has 0 spiro atoms. The van der Waals surface area contributed by atoms with Gasteiger partial charge < -0.3 is 14.2 Å². The Morgan fingerprint density at radius 2 is 1.88 bits per heavy atom. The lowest BCUT2D eigenvalue weighted by atomic mass is 9.95. The number of benzene rings is 1. The molecule has 2 rings (SSSR count). The van der Waals surface area contributed by atoms with E-state index in [1.807, 2.05) is 12.1 Å². The summed E-state index contributed by atoms with van der Waals surface area (Å²) in [7, 11) is 0. The van der Waals surface area contributed by atoms with E-state index in [0.717, 1.165) is 44.5 Å². The highest BCUT2D eigenvalue weighted by Gasteiger charge is 2.20. The third kappa shape index (κ3) is 6.59.